The van der Waals surface area contributed by atoms with Gasteiger partial charge in [-0.25, -0.2) is 0 Å². The van der Waals surface area contributed by atoms with Gasteiger partial charge in [-0.15, -0.1) is 0 Å². The Balaban J connectivity index is 2.15. The van der Waals surface area contributed by atoms with Gasteiger partial charge in [0.05, 0.1) is 0 Å². The zero-order valence-corrected chi connectivity index (χ0v) is 11.2. The molecule has 91 valence electrons. The summed E-state index contributed by atoms with van der Waals surface area (Å²) in [5, 5.41) is 2.48. The molecule has 0 atom stereocenters. The first kappa shape index (κ1) is 10.8. The van der Waals surface area contributed by atoms with Crippen LogP contribution in [0.15, 0.2) is 54.6 Å². The molecule has 0 aromatic heterocycles. The molecule has 0 unspecified atom stereocenters. The number of rotatable bonds is 0. The predicted octanol–water partition coefficient (Wildman–Crippen LogP) is 4.95. The second-order valence-corrected chi connectivity index (χ2v) is 5.83. The lowest BCUT2D eigenvalue weighted by Gasteiger charge is -2.21. The zero-order valence-electron chi connectivity index (χ0n) is 11.2. The summed E-state index contributed by atoms with van der Waals surface area (Å²) in [6.45, 7) is 4.63. The largest absolute Gasteiger partial charge is 0.0619 e. The smallest absolute Gasteiger partial charge is 0.0159 e. The first-order chi connectivity index (χ1) is 9.18. The van der Waals surface area contributed by atoms with Gasteiger partial charge < -0.3 is 0 Å². The Kier molecular flexibility index (Phi) is 1.98. The molecule has 0 aliphatic heterocycles. The van der Waals surface area contributed by atoms with Gasteiger partial charge in [-0.1, -0.05) is 56.3 Å². The maximum atomic E-state index is 3.34. The summed E-state index contributed by atoms with van der Waals surface area (Å²) in [6.07, 6.45) is 0. The molecule has 0 bridgehead atoms. The fraction of sp³-hybridized carbons (Fsp3) is 0.158. The van der Waals surface area contributed by atoms with Gasteiger partial charge in [0.15, 0.2) is 0 Å². The van der Waals surface area contributed by atoms with E-state index in [0.717, 1.165) is 0 Å². The Hall–Kier alpha value is -2.08. The summed E-state index contributed by atoms with van der Waals surface area (Å²) in [6, 6.07) is 22.9. The van der Waals surface area contributed by atoms with Gasteiger partial charge in [0.25, 0.3) is 0 Å². The van der Waals surface area contributed by atoms with Crippen LogP contribution in [0, 0.1) is 6.07 Å². The third-order valence-electron chi connectivity index (χ3n) is 4.36. The molecule has 0 nitrogen and oxygen atoms in total. The van der Waals surface area contributed by atoms with Crippen LogP contribution in [0.25, 0.3) is 21.9 Å². The normalized spacial score (nSPS) is 15.3. The molecule has 0 N–H and O–H groups in total. The second-order valence-electron chi connectivity index (χ2n) is 5.83. The van der Waals surface area contributed by atoms with E-state index >= 15 is 0 Å². The number of hydrogen-bond donors (Lipinski definition) is 0. The average Bonchev–Trinajstić information content (AvgIpc) is 2.66. The molecular weight excluding hydrogens is 228 g/mol. The molecule has 0 saturated heterocycles. The summed E-state index contributed by atoms with van der Waals surface area (Å²) in [7, 11) is 0. The monoisotopic (exact) mass is 243 g/mol. The summed E-state index contributed by atoms with van der Waals surface area (Å²) in [5.41, 5.74) is 5.70. The Labute approximate surface area is 113 Å². The SMILES string of the molecule is CC1(C)c2ccccc2-c2cc3[c]cccc3cc21. The van der Waals surface area contributed by atoms with E-state index in [1.807, 2.05) is 6.07 Å². The molecule has 19 heavy (non-hydrogen) atoms. The van der Waals surface area contributed by atoms with Crippen molar-refractivity contribution in [3.8, 4) is 11.1 Å². The lowest BCUT2D eigenvalue weighted by molar-refractivity contribution is 0.661. The van der Waals surface area contributed by atoms with Crippen LogP contribution in [0.1, 0.15) is 25.0 Å². The van der Waals surface area contributed by atoms with E-state index in [1.165, 1.54) is 33.0 Å². The summed E-state index contributed by atoms with van der Waals surface area (Å²) < 4.78 is 0. The van der Waals surface area contributed by atoms with E-state index < -0.39 is 0 Å². The van der Waals surface area contributed by atoms with Crippen LogP contribution >= 0.6 is 0 Å². The van der Waals surface area contributed by atoms with Crippen LogP contribution in [0.4, 0.5) is 0 Å². The molecule has 0 saturated carbocycles. The van der Waals surface area contributed by atoms with Crippen molar-refractivity contribution in [2.45, 2.75) is 19.3 Å². The van der Waals surface area contributed by atoms with Gasteiger partial charge in [-0.05, 0) is 51.2 Å². The lowest BCUT2D eigenvalue weighted by atomic mass is 9.82. The third kappa shape index (κ3) is 1.34. The van der Waals surface area contributed by atoms with E-state index in [-0.39, 0.29) is 5.41 Å². The number of fused-ring (bicyclic) bond motifs is 4. The molecule has 0 spiro atoms. The summed E-state index contributed by atoms with van der Waals surface area (Å²) in [4.78, 5) is 0. The molecule has 0 fully saturated rings. The van der Waals surface area contributed by atoms with Crippen LogP contribution in [0.5, 0.6) is 0 Å². The first-order valence-corrected chi connectivity index (χ1v) is 6.73. The van der Waals surface area contributed by atoms with Crippen molar-refractivity contribution >= 4 is 10.8 Å². The number of hydrogen-bond acceptors (Lipinski definition) is 0. The van der Waals surface area contributed by atoms with Crippen LogP contribution in [-0.2, 0) is 5.41 Å². The van der Waals surface area contributed by atoms with Crippen LogP contribution in [-0.4, -0.2) is 0 Å². The minimum Gasteiger partial charge on any atom is -0.0619 e. The minimum absolute atomic E-state index is 0.0932. The van der Waals surface area contributed by atoms with Crippen molar-refractivity contribution in [2.24, 2.45) is 0 Å². The Morgan fingerprint density at radius 1 is 0.842 bits per heavy atom. The van der Waals surface area contributed by atoms with Crippen molar-refractivity contribution < 1.29 is 0 Å². The van der Waals surface area contributed by atoms with Gasteiger partial charge in [0.2, 0.25) is 0 Å². The van der Waals surface area contributed by atoms with Crippen LogP contribution in [0.3, 0.4) is 0 Å². The predicted molar refractivity (Wildman–Crippen MR) is 80.3 cm³/mol. The van der Waals surface area contributed by atoms with Crippen molar-refractivity contribution in [1.82, 2.24) is 0 Å². The highest BCUT2D eigenvalue weighted by Gasteiger charge is 2.35. The van der Waals surface area contributed by atoms with E-state index in [0.29, 0.717) is 0 Å². The van der Waals surface area contributed by atoms with Crippen molar-refractivity contribution in [1.29, 1.82) is 0 Å². The van der Waals surface area contributed by atoms with Gasteiger partial charge in [0.1, 0.15) is 0 Å². The van der Waals surface area contributed by atoms with Crippen molar-refractivity contribution in [2.75, 3.05) is 0 Å². The average molecular weight is 243 g/mol. The molecule has 0 heterocycles. The molecule has 1 radical (unpaired) electrons. The van der Waals surface area contributed by atoms with Gasteiger partial charge >= 0.3 is 0 Å². The Bertz CT molecular complexity index is 794. The maximum absolute atomic E-state index is 3.34. The van der Waals surface area contributed by atoms with E-state index in [1.54, 1.807) is 0 Å². The third-order valence-corrected chi connectivity index (χ3v) is 4.36. The van der Waals surface area contributed by atoms with Crippen LogP contribution < -0.4 is 0 Å². The van der Waals surface area contributed by atoms with Crippen molar-refractivity contribution in [3.05, 3.63) is 71.8 Å². The fourth-order valence-corrected chi connectivity index (χ4v) is 3.32. The number of benzene rings is 3. The quantitative estimate of drug-likeness (QED) is 0.524. The molecule has 3 aromatic carbocycles. The molecule has 0 heteroatoms. The van der Waals surface area contributed by atoms with E-state index in [9.17, 15) is 0 Å². The molecule has 3 aromatic rings. The highest BCUT2D eigenvalue weighted by atomic mass is 14.4. The standard InChI is InChI=1S/C19H15/c1-19(2)17-10-6-5-9-15(17)16-11-13-7-3-4-8-14(13)12-18(16)19/h3-6,8-12H,1-2H3. The fourth-order valence-electron chi connectivity index (χ4n) is 3.32. The summed E-state index contributed by atoms with van der Waals surface area (Å²) >= 11 is 0. The summed E-state index contributed by atoms with van der Waals surface area (Å²) in [5.74, 6) is 0. The maximum Gasteiger partial charge on any atom is 0.0159 e. The minimum atomic E-state index is 0.0932. The molecule has 1 aliphatic rings. The topological polar surface area (TPSA) is 0 Å². The van der Waals surface area contributed by atoms with Crippen molar-refractivity contribution in [3.63, 3.8) is 0 Å². The highest BCUT2D eigenvalue weighted by molar-refractivity contribution is 5.93. The molecule has 1 aliphatic carbocycles. The van der Waals surface area contributed by atoms with Gasteiger partial charge in [0, 0.05) is 5.41 Å². The Morgan fingerprint density at radius 3 is 2.58 bits per heavy atom. The Morgan fingerprint density at radius 2 is 1.68 bits per heavy atom. The van der Waals surface area contributed by atoms with E-state index in [2.05, 4.69) is 68.4 Å². The lowest BCUT2D eigenvalue weighted by Crippen LogP contribution is -2.14. The van der Waals surface area contributed by atoms with Gasteiger partial charge in [-0.2, -0.15) is 0 Å². The zero-order chi connectivity index (χ0) is 13.0. The molecule has 0 amide bonds. The molecular formula is C19H15. The highest BCUT2D eigenvalue weighted by Crippen LogP contribution is 2.49. The first-order valence-electron chi connectivity index (χ1n) is 6.73. The second kappa shape index (κ2) is 3.48. The van der Waals surface area contributed by atoms with Crippen LogP contribution in [0.2, 0.25) is 0 Å². The van der Waals surface area contributed by atoms with Gasteiger partial charge in [-0.3, -0.25) is 0 Å². The van der Waals surface area contributed by atoms with E-state index in [4.69, 9.17) is 0 Å². The molecule has 4 rings (SSSR count).